The molecule has 0 fully saturated rings. The first-order valence-electron chi connectivity index (χ1n) is 6.42. The molecule has 0 aliphatic rings. The molecule has 2 nitrogen and oxygen atoms in total. The third kappa shape index (κ3) is 6.26. The van der Waals surface area contributed by atoms with Crippen molar-refractivity contribution in [3.8, 4) is 5.75 Å². The van der Waals surface area contributed by atoms with E-state index in [2.05, 4.69) is 39.9 Å². The summed E-state index contributed by atoms with van der Waals surface area (Å²) in [6.45, 7) is 11.9. The van der Waals surface area contributed by atoms with Crippen molar-refractivity contribution in [3.63, 3.8) is 0 Å². The van der Waals surface area contributed by atoms with Crippen molar-refractivity contribution in [2.45, 2.75) is 40.2 Å². The van der Waals surface area contributed by atoms with Crippen LogP contribution in [0.2, 0.25) is 5.02 Å². The molecule has 0 spiro atoms. The second-order valence-electron chi connectivity index (χ2n) is 6.63. The Morgan fingerprint density at radius 1 is 1.21 bits per heavy atom. The van der Waals surface area contributed by atoms with Crippen LogP contribution in [0.15, 0.2) is 18.2 Å². The first kappa shape index (κ1) is 16.3. The van der Waals surface area contributed by atoms with Crippen molar-refractivity contribution < 1.29 is 9.13 Å². The average molecular weight is 288 g/mol. The fourth-order valence-corrected chi connectivity index (χ4v) is 1.64. The van der Waals surface area contributed by atoms with Crippen molar-refractivity contribution in [1.82, 2.24) is 5.32 Å². The lowest BCUT2D eigenvalue weighted by Gasteiger charge is -2.30. The van der Waals surface area contributed by atoms with Crippen molar-refractivity contribution in [1.29, 1.82) is 0 Å². The highest BCUT2D eigenvalue weighted by atomic mass is 35.5. The Labute approximate surface area is 120 Å². The zero-order chi connectivity index (χ0) is 14.7. The van der Waals surface area contributed by atoms with Gasteiger partial charge in [0, 0.05) is 17.5 Å². The minimum atomic E-state index is -0.356. The smallest absolute Gasteiger partial charge is 0.138 e. The third-order valence-electron chi connectivity index (χ3n) is 2.61. The van der Waals surface area contributed by atoms with E-state index in [1.165, 1.54) is 12.1 Å². The van der Waals surface area contributed by atoms with Gasteiger partial charge < -0.3 is 10.1 Å². The predicted octanol–water partition coefficient (Wildman–Crippen LogP) is 4.27. The molecule has 0 radical (unpaired) electrons. The maximum atomic E-state index is 12.9. The van der Waals surface area contributed by atoms with Gasteiger partial charge in [-0.3, -0.25) is 0 Å². The van der Waals surface area contributed by atoms with E-state index in [1.807, 2.05) is 0 Å². The van der Waals surface area contributed by atoms with Crippen LogP contribution in [0.5, 0.6) is 5.75 Å². The number of halogens is 2. The van der Waals surface area contributed by atoms with E-state index in [-0.39, 0.29) is 16.8 Å². The van der Waals surface area contributed by atoms with Gasteiger partial charge in [0.05, 0.1) is 11.6 Å². The normalized spacial score (nSPS) is 12.6. The summed E-state index contributed by atoms with van der Waals surface area (Å²) < 4.78 is 18.6. The van der Waals surface area contributed by atoms with E-state index in [0.29, 0.717) is 17.4 Å². The number of benzene rings is 1. The average Bonchev–Trinajstić information content (AvgIpc) is 2.25. The quantitative estimate of drug-likeness (QED) is 0.873. The van der Waals surface area contributed by atoms with Crippen LogP contribution in [0.25, 0.3) is 0 Å². The molecule has 0 atom stereocenters. The molecule has 1 aromatic rings. The van der Waals surface area contributed by atoms with Gasteiger partial charge in [-0.25, -0.2) is 4.39 Å². The second kappa shape index (κ2) is 6.10. The molecule has 0 bridgehead atoms. The first-order chi connectivity index (χ1) is 8.59. The van der Waals surface area contributed by atoms with E-state index < -0.39 is 0 Å². The molecule has 19 heavy (non-hydrogen) atoms. The van der Waals surface area contributed by atoms with E-state index >= 15 is 0 Å². The molecule has 0 saturated heterocycles. The van der Waals surface area contributed by atoms with Gasteiger partial charge in [0.25, 0.3) is 0 Å². The lowest BCUT2D eigenvalue weighted by Crippen LogP contribution is -2.43. The topological polar surface area (TPSA) is 21.3 Å². The van der Waals surface area contributed by atoms with E-state index in [9.17, 15) is 4.39 Å². The third-order valence-corrected chi connectivity index (χ3v) is 2.90. The lowest BCUT2D eigenvalue weighted by molar-refractivity contribution is 0.166. The highest BCUT2D eigenvalue weighted by Gasteiger charge is 2.22. The molecule has 1 rings (SSSR count). The molecule has 0 heterocycles. The molecular formula is C15H23ClFNO. The van der Waals surface area contributed by atoms with E-state index in [1.54, 1.807) is 6.07 Å². The molecule has 108 valence electrons. The van der Waals surface area contributed by atoms with Crippen molar-refractivity contribution >= 4 is 11.6 Å². The number of nitrogens with one attached hydrogen (secondary N) is 1. The van der Waals surface area contributed by atoms with Gasteiger partial charge in [-0.2, -0.15) is 0 Å². The molecule has 1 aromatic carbocycles. The summed E-state index contributed by atoms with van der Waals surface area (Å²) in [5, 5.41) is 3.75. The standard InChI is InChI=1S/C15H23ClFNO/c1-14(2,3)18-9-15(4,5)10-19-13-7-6-11(17)8-12(13)16/h6-8,18H,9-10H2,1-5H3. The van der Waals surface area contributed by atoms with Crippen LogP contribution in [0.4, 0.5) is 4.39 Å². The number of ether oxygens (including phenoxy) is 1. The molecule has 0 amide bonds. The largest absolute Gasteiger partial charge is 0.491 e. The number of rotatable bonds is 5. The van der Waals surface area contributed by atoms with Gasteiger partial charge in [0.15, 0.2) is 0 Å². The summed E-state index contributed by atoms with van der Waals surface area (Å²) in [6, 6.07) is 4.17. The lowest BCUT2D eigenvalue weighted by atomic mass is 9.93. The Hall–Kier alpha value is -0.800. The molecule has 1 N–H and O–H groups in total. The SMILES string of the molecule is CC(C)(CNC(C)(C)C)COc1ccc(F)cc1Cl. The Morgan fingerprint density at radius 3 is 2.37 bits per heavy atom. The van der Waals surface area contributed by atoms with Crippen molar-refractivity contribution in [2.24, 2.45) is 5.41 Å². The Kier molecular flexibility index (Phi) is 5.22. The molecule has 0 aliphatic carbocycles. The number of hydrogen-bond donors (Lipinski definition) is 1. The Bertz CT molecular complexity index is 427. The molecule has 0 aromatic heterocycles. The maximum Gasteiger partial charge on any atom is 0.138 e. The maximum absolute atomic E-state index is 12.9. The summed E-state index contributed by atoms with van der Waals surface area (Å²) in [7, 11) is 0. The van der Waals surface area contributed by atoms with Crippen LogP contribution >= 0.6 is 11.6 Å². The summed E-state index contributed by atoms with van der Waals surface area (Å²) in [4.78, 5) is 0. The molecule has 0 unspecified atom stereocenters. The van der Waals surface area contributed by atoms with Gasteiger partial charge >= 0.3 is 0 Å². The molecule has 0 aliphatic heterocycles. The summed E-state index contributed by atoms with van der Waals surface area (Å²) >= 11 is 5.93. The van der Waals surface area contributed by atoms with Crippen molar-refractivity contribution in [2.75, 3.05) is 13.2 Å². The highest BCUT2D eigenvalue weighted by Crippen LogP contribution is 2.27. The van der Waals surface area contributed by atoms with E-state index in [4.69, 9.17) is 16.3 Å². The van der Waals surface area contributed by atoms with Crippen LogP contribution in [-0.2, 0) is 0 Å². The Morgan fingerprint density at radius 2 is 1.84 bits per heavy atom. The zero-order valence-corrected chi connectivity index (χ0v) is 13.1. The zero-order valence-electron chi connectivity index (χ0n) is 12.3. The highest BCUT2D eigenvalue weighted by molar-refractivity contribution is 6.32. The molecule has 4 heteroatoms. The summed E-state index contributed by atoms with van der Waals surface area (Å²) in [5.74, 6) is 0.165. The van der Waals surface area contributed by atoms with Crippen LogP contribution in [-0.4, -0.2) is 18.7 Å². The first-order valence-corrected chi connectivity index (χ1v) is 6.80. The van der Waals surface area contributed by atoms with Crippen LogP contribution in [0.1, 0.15) is 34.6 Å². The molecular weight excluding hydrogens is 265 g/mol. The minimum Gasteiger partial charge on any atom is -0.491 e. The number of hydrogen-bond acceptors (Lipinski definition) is 2. The fourth-order valence-electron chi connectivity index (χ4n) is 1.42. The van der Waals surface area contributed by atoms with Gasteiger partial charge in [0.2, 0.25) is 0 Å². The van der Waals surface area contributed by atoms with Gasteiger partial charge in [-0.1, -0.05) is 25.4 Å². The predicted molar refractivity (Wildman–Crippen MR) is 78.4 cm³/mol. The minimum absolute atomic E-state index is 0.0367. The van der Waals surface area contributed by atoms with Crippen LogP contribution in [0, 0.1) is 11.2 Å². The Balaban J connectivity index is 2.55. The van der Waals surface area contributed by atoms with E-state index in [0.717, 1.165) is 6.54 Å². The van der Waals surface area contributed by atoms with Gasteiger partial charge in [-0.15, -0.1) is 0 Å². The van der Waals surface area contributed by atoms with Gasteiger partial charge in [0.1, 0.15) is 11.6 Å². The summed E-state index contributed by atoms with van der Waals surface area (Å²) in [5.41, 5.74) is 0.0375. The van der Waals surface area contributed by atoms with Crippen LogP contribution in [0.3, 0.4) is 0 Å². The second-order valence-corrected chi connectivity index (χ2v) is 7.04. The van der Waals surface area contributed by atoms with Gasteiger partial charge in [-0.05, 0) is 39.0 Å². The fraction of sp³-hybridized carbons (Fsp3) is 0.600. The van der Waals surface area contributed by atoms with Crippen LogP contribution < -0.4 is 10.1 Å². The monoisotopic (exact) mass is 287 g/mol. The summed E-state index contributed by atoms with van der Waals surface area (Å²) in [6.07, 6.45) is 0. The molecule has 0 saturated carbocycles. The van der Waals surface area contributed by atoms with Crippen molar-refractivity contribution in [3.05, 3.63) is 29.0 Å².